The van der Waals surface area contributed by atoms with Gasteiger partial charge in [-0.3, -0.25) is 4.90 Å². The normalized spacial score (nSPS) is 31.0. The quantitative estimate of drug-likeness (QED) is 0.913. The van der Waals surface area contributed by atoms with Crippen LogP contribution in [0.3, 0.4) is 0 Å². The SMILES string of the molecule is CC(C)(C#N)c1ccccc1CN1CCC[C@@H]1[C@@H]1COCC[C@]1(C)O. The third kappa shape index (κ3) is 3.74. The molecule has 0 amide bonds. The van der Waals surface area contributed by atoms with Gasteiger partial charge in [-0.15, -0.1) is 0 Å². The van der Waals surface area contributed by atoms with Crippen LogP contribution in [0.15, 0.2) is 24.3 Å². The van der Waals surface area contributed by atoms with Gasteiger partial charge >= 0.3 is 0 Å². The molecule has 2 aliphatic rings. The van der Waals surface area contributed by atoms with E-state index in [2.05, 4.69) is 29.2 Å². The second-order valence-electron chi connectivity index (χ2n) is 8.36. The molecule has 4 nitrogen and oxygen atoms in total. The third-order valence-electron chi connectivity index (χ3n) is 6.07. The Morgan fingerprint density at radius 2 is 2.16 bits per heavy atom. The van der Waals surface area contributed by atoms with Gasteiger partial charge in [0.05, 0.1) is 23.7 Å². The minimum Gasteiger partial charge on any atom is -0.390 e. The molecule has 1 aromatic carbocycles. The van der Waals surface area contributed by atoms with Crippen LogP contribution in [0.4, 0.5) is 0 Å². The molecule has 2 fully saturated rings. The number of nitrogens with zero attached hydrogens (tertiary/aromatic N) is 2. The highest BCUT2D eigenvalue weighted by molar-refractivity contribution is 5.37. The molecule has 3 rings (SSSR count). The Bertz CT molecular complexity index is 648. The van der Waals surface area contributed by atoms with Gasteiger partial charge in [-0.05, 0) is 57.7 Å². The number of hydrogen-bond donors (Lipinski definition) is 1. The van der Waals surface area contributed by atoms with Crippen molar-refractivity contribution in [1.29, 1.82) is 5.26 Å². The van der Waals surface area contributed by atoms with E-state index in [4.69, 9.17) is 4.74 Å². The third-order valence-corrected chi connectivity index (χ3v) is 6.07. The lowest BCUT2D eigenvalue weighted by molar-refractivity contribution is -0.123. The van der Waals surface area contributed by atoms with Gasteiger partial charge in [-0.2, -0.15) is 5.26 Å². The highest BCUT2D eigenvalue weighted by Crippen LogP contribution is 2.37. The maximum absolute atomic E-state index is 10.9. The summed E-state index contributed by atoms with van der Waals surface area (Å²) in [5, 5.41) is 20.4. The molecule has 3 atom stereocenters. The summed E-state index contributed by atoms with van der Waals surface area (Å²) >= 11 is 0. The van der Waals surface area contributed by atoms with Gasteiger partial charge in [0.2, 0.25) is 0 Å². The highest BCUT2D eigenvalue weighted by atomic mass is 16.5. The van der Waals surface area contributed by atoms with Crippen LogP contribution in [0.2, 0.25) is 0 Å². The van der Waals surface area contributed by atoms with Crippen molar-refractivity contribution in [2.24, 2.45) is 5.92 Å². The number of hydrogen-bond acceptors (Lipinski definition) is 4. The minimum absolute atomic E-state index is 0.153. The number of benzene rings is 1. The van der Waals surface area contributed by atoms with Gasteiger partial charge in [-0.1, -0.05) is 24.3 Å². The number of likely N-dealkylation sites (tertiary alicyclic amines) is 1. The van der Waals surface area contributed by atoms with Gasteiger partial charge in [0.1, 0.15) is 0 Å². The largest absolute Gasteiger partial charge is 0.390 e. The smallest absolute Gasteiger partial charge is 0.0769 e. The summed E-state index contributed by atoms with van der Waals surface area (Å²) in [6.45, 7) is 9.08. The van der Waals surface area contributed by atoms with Gasteiger partial charge < -0.3 is 9.84 Å². The molecule has 0 spiro atoms. The summed E-state index contributed by atoms with van der Waals surface area (Å²) < 4.78 is 5.69. The molecule has 2 aliphatic heterocycles. The zero-order valence-electron chi connectivity index (χ0n) is 15.7. The minimum atomic E-state index is -0.656. The van der Waals surface area contributed by atoms with Crippen molar-refractivity contribution in [1.82, 2.24) is 4.90 Å². The number of rotatable bonds is 4. The van der Waals surface area contributed by atoms with Crippen molar-refractivity contribution in [2.45, 2.75) is 63.6 Å². The summed E-state index contributed by atoms with van der Waals surface area (Å²) in [5.41, 5.74) is 1.18. The van der Waals surface area contributed by atoms with Crippen LogP contribution in [0.1, 0.15) is 51.2 Å². The van der Waals surface area contributed by atoms with E-state index in [0.29, 0.717) is 25.7 Å². The first kappa shape index (κ1) is 18.4. The fraction of sp³-hybridized carbons (Fsp3) is 0.667. The molecule has 25 heavy (non-hydrogen) atoms. The molecule has 0 radical (unpaired) electrons. The lowest BCUT2D eigenvalue weighted by Crippen LogP contribution is -2.52. The van der Waals surface area contributed by atoms with Crippen LogP contribution in [0.25, 0.3) is 0 Å². The van der Waals surface area contributed by atoms with E-state index in [0.717, 1.165) is 31.5 Å². The molecule has 1 N–H and O–H groups in total. The Morgan fingerprint density at radius 3 is 2.88 bits per heavy atom. The van der Waals surface area contributed by atoms with Gasteiger partial charge in [0.15, 0.2) is 0 Å². The second-order valence-corrected chi connectivity index (χ2v) is 8.36. The molecule has 0 bridgehead atoms. The average Bonchev–Trinajstić information content (AvgIpc) is 3.02. The maximum atomic E-state index is 10.9. The second kappa shape index (κ2) is 7.07. The van der Waals surface area contributed by atoms with E-state index in [9.17, 15) is 10.4 Å². The van der Waals surface area contributed by atoms with E-state index in [-0.39, 0.29) is 5.92 Å². The summed E-state index contributed by atoms with van der Waals surface area (Å²) in [7, 11) is 0. The molecule has 0 saturated carbocycles. The molecule has 136 valence electrons. The monoisotopic (exact) mass is 342 g/mol. The Morgan fingerprint density at radius 1 is 1.40 bits per heavy atom. The first-order valence-corrected chi connectivity index (χ1v) is 9.39. The Kier molecular flexibility index (Phi) is 5.20. The first-order valence-electron chi connectivity index (χ1n) is 9.39. The Balaban J connectivity index is 1.82. The van der Waals surface area contributed by atoms with Crippen molar-refractivity contribution in [2.75, 3.05) is 19.8 Å². The van der Waals surface area contributed by atoms with E-state index in [1.165, 1.54) is 5.56 Å². The fourth-order valence-electron chi connectivity index (χ4n) is 4.43. The number of nitriles is 1. The molecule has 2 heterocycles. The van der Waals surface area contributed by atoms with Crippen LogP contribution in [-0.4, -0.2) is 41.4 Å². The van der Waals surface area contributed by atoms with E-state index in [1.54, 1.807) is 0 Å². The Hall–Kier alpha value is -1.41. The van der Waals surface area contributed by atoms with Crippen LogP contribution >= 0.6 is 0 Å². The van der Waals surface area contributed by atoms with Gasteiger partial charge in [-0.25, -0.2) is 0 Å². The zero-order valence-corrected chi connectivity index (χ0v) is 15.7. The van der Waals surface area contributed by atoms with Crippen LogP contribution in [-0.2, 0) is 16.7 Å². The van der Waals surface area contributed by atoms with E-state index < -0.39 is 11.0 Å². The van der Waals surface area contributed by atoms with E-state index >= 15 is 0 Å². The lowest BCUT2D eigenvalue weighted by Gasteiger charge is -2.43. The molecule has 4 heteroatoms. The van der Waals surface area contributed by atoms with Crippen LogP contribution in [0.5, 0.6) is 0 Å². The first-order chi connectivity index (χ1) is 11.8. The molecule has 2 saturated heterocycles. The van der Waals surface area contributed by atoms with Crippen molar-refractivity contribution in [3.63, 3.8) is 0 Å². The molecular formula is C21H30N2O2. The summed E-state index contributed by atoms with van der Waals surface area (Å²) in [6.07, 6.45) is 2.97. The summed E-state index contributed by atoms with van der Waals surface area (Å²) in [5.74, 6) is 0.153. The molecular weight excluding hydrogens is 312 g/mol. The number of aliphatic hydroxyl groups is 1. The van der Waals surface area contributed by atoms with Crippen molar-refractivity contribution in [3.8, 4) is 6.07 Å². The van der Waals surface area contributed by atoms with Crippen molar-refractivity contribution in [3.05, 3.63) is 35.4 Å². The summed E-state index contributed by atoms with van der Waals surface area (Å²) in [4.78, 5) is 2.49. The molecule has 0 aliphatic carbocycles. The standard InChI is InChI=1S/C21H30N2O2/c1-20(2,15-22)17-8-5-4-7-16(17)13-23-11-6-9-19(23)18-14-25-12-10-21(18,3)24/h4-5,7-8,18-19,24H,6,9-14H2,1-3H3/t18-,19+,21-/m0/s1. The fourth-order valence-corrected chi connectivity index (χ4v) is 4.43. The van der Waals surface area contributed by atoms with Crippen LogP contribution < -0.4 is 0 Å². The van der Waals surface area contributed by atoms with E-state index in [1.807, 2.05) is 26.8 Å². The average molecular weight is 342 g/mol. The van der Waals surface area contributed by atoms with Gasteiger partial charge in [0, 0.05) is 25.1 Å². The van der Waals surface area contributed by atoms with Gasteiger partial charge in [0.25, 0.3) is 0 Å². The molecule has 0 aromatic heterocycles. The molecule has 0 unspecified atom stereocenters. The predicted molar refractivity (Wildman–Crippen MR) is 98.1 cm³/mol. The Labute approximate surface area is 151 Å². The lowest BCUT2D eigenvalue weighted by atomic mass is 9.79. The molecule has 1 aromatic rings. The van der Waals surface area contributed by atoms with Crippen LogP contribution in [0, 0.1) is 17.2 Å². The maximum Gasteiger partial charge on any atom is 0.0769 e. The highest BCUT2D eigenvalue weighted by Gasteiger charge is 2.44. The topological polar surface area (TPSA) is 56.5 Å². The summed E-state index contributed by atoms with van der Waals surface area (Å²) in [6, 6.07) is 11.1. The number of ether oxygens (including phenoxy) is 1. The van der Waals surface area contributed by atoms with Crippen molar-refractivity contribution < 1.29 is 9.84 Å². The zero-order chi connectivity index (χ0) is 18.1. The predicted octanol–water partition coefficient (Wildman–Crippen LogP) is 3.24. The van der Waals surface area contributed by atoms with Crippen molar-refractivity contribution >= 4 is 0 Å².